The molecule has 0 fully saturated rings. The summed E-state index contributed by atoms with van der Waals surface area (Å²) >= 11 is 0. The van der Waals surface area contributed by atoms with Crippen LogP contribution < -0.4 is 4.74 Å². The van der Waals surface area contributed by atoms with Crippen molar-refractivity contribution in [2.75, 3.05) is 20.3 Å². The van der Waals surface area contributed by atoms with Crippen LogP contribution in [0.2, 0.25) is 0 Å². The van der Waals surface area contributed by atoms with Crippen LogP contribution in [-0.2, 0) is 10.2 Å². The van der Waals surface area contributed by atoms with Crippen molar-refractivity contribution in [3.63, 3.8) is 0 Å². The molecular formula is C15H24O2. The van der Waals surface area contributed by atoms with Crippen LogP contribution in [0.4, 0.5) is 0 Å². The summed E-state index contributed by atoms with van der Waals surface area (Å²) in [6, 6.07) is 8.29. The Hall–Kier alpha value is -1.02. The van der Waals surface area contributed by atoms with Gasteiger partial charge in [0.15, 0.2) is 0 Å². The molecule has 0 aliphatic rings. The van der Waals surface area contributed by atoms with Crippen LogP contribution in [0, 0.1) is 0 Å². The highest BCUT2D eigenvalue weighted by Gasteiger charge is 2.17. The van der Waals surface area contributed by atoms with Crippen molar-refractivity contribution in [3.8, 4) is 5.75 Å². The molecule has 0 saturated carbocycles. The van der Waals surface area contributed by atoms with E-state index in [4.69, 9.17) is 9.47 Å². The monoisotopic (exact) mass is 236 g/mol. The van der Waals surface area contributed by atoms with Gasteiger partial charge in [-0.25, -0.2) is 0 Å². The number of hydrogen-bond acceptors (Lipinski definition) is 2. The first-order chi connectivity index (χ1) is 8.05. The summed E-state index contributed by atoms with van der Waals surface area (Å²) in [5, 5.41) is 0. The van der Waals surface area contributed by atoms with E-state index in [9.17, 15) is 0 Å². The lowest BCUT2D eigenvalue weighted by Crippen LogP contribution is -2.13. The summed E-state index contributed by atoms with van der Waals surface area (Å²) in [6.07, 6.45) is 2.08. The molecule has 1 aromatic rings. The molecule has 0 aliphatic heterocycles. The van der Waals surface area contributed by atoms with Crippen LogP contribution in [0.15, 0.2) is 24.3 Å². The lowest BCUT2D eigenvalue weighted by molar-refractivity contribution is 0.183. The van der Waals surface area contributed by atoms with Crippen molar-refractivity contribution in [2.24, 2.45) is 0 Å². The second kappa shape index (κ2) is 6.65. The molecule has 0 aliphatic carbocycles. The first-order valence-electron chi connectivity index (χ1n) is 6.27. The second-order valence-electron chi connectivity index (χ2n) is 5.29. The molecule has 0 bridgehead atoms. The molecular weight excluding hydrogens is 212 g/mol. The number of para-hydroxylation sites is 1. The summed E-state index contributed by atoms with van der Waals surface area (Å²) in [4.78, 5) is 0. The molecule has 0 atom stereocenters. The maximum atomic E-state index is 5.85. The molecule has 0 N–H and O–H groups in total. The van der Waals surface area contributed by atoms with Crippen molar-refractivity contribution in [3.05, 3.63) is 29.8 Å². The van der Waals surface area contributed by atoms with Crippen molar-refractivity contribution in [1.82, 2.24) is 0 Å². The third-order valence-corrected chi connectivity index (χ3v) is 2.70. The number of rotatable bonds is 6. The Morgan fingerprint density at radius 3 is 2.29 bits per heavy atom. The average molecular weight is 236 g/mol. The van der Waals surface area contributed by atoms with Gasteiger partial charge in [0.25, 0.3) is 0 Å². The molecule has 2 nitrogen and oxygen atoms in total. The van der Waals surface area contributed by atoms with Crippen LogP contribution in [0.25, 0.3) is 0 Å². The van der Waals surface area contributed by atoms with Crippen LogP contribution in [-0.4, -0.2) is 20.3 Å². The molecule has 0 spiro atoms. The standard InChI is InChI=1S/C15H24O2/c1-15(2,3)13-9-5-6-10-14(13)17-12-8-7-11-16-4/h5-6,9-10H,7-8,11-12H2,1-4H3. The number of unbranched alkanes of at least 4 members (excludes halogenated alkanes) is 1. The fourth-order valence-corrected chi connectivity index (χ4v) is 1.74. The van der Waals surface area contributed by atoms with Gasteiger partial charge in [-0.15, -0.1) is 0 Å². The average Bonchev–Trinajstić information content (AvgIpc) is 2.28. The lowest BCUT2D eigenvalue weighted by Gasteiger charge is -2.22. The van der Waals surface area contributed by atoms with Gasteiger partial charge in [0.05, 0.1) is 6.61 Å². The zero-order valence-corrected chi connectivity index (χ0v) is 11.5. The van der Waals surface area contributed by atoms with Gasteiger partial charge in [0, 0.05) is 13.7 Å². The molecule has 0 radical (unpaired) electrons. The van der Waals surface area contributed by atoms with Crippen LogP contribution in [0.1, 0.15) is 39.2 Å². The van der Waals surface area contributed by atoms with Crippen molar-refractivity contribution < 1.29 is 9.47 Å². The van der Waals surface area contributed by atoms with E-state index in [1.54, 1.807) is 7.11 Å². The van der Waals surface area contributed by atoms with Gasteiger partial charge in [-0.2, -0.15) is 0 Å². The SMILES string of the molecule is COCCCCOc1ccccc1C(C)(C)C. The number of benzene rings is 1. The molecule has 0 unspecified atom stereocenters. The fourth-order valence-electron chi connectivity index (χ4n) is 1.74. The minimum absolute atomic E-state index is 0.128. The molecule has 2 heteroatoms. The van der Waals surface area contributed by atoms with E-state index in [1.807, 2.05) is 6.07 Å². The Morgan fingerprint density at radius 2 is 1.65 bits per heavy atom. The Labute approximate surface area is 105 Å². The molecule has 96 valence electrons. The summed E-state index contributed by atoms with van der Waals surface area (Å²) in [6.45, 7) is 8.20. The minimum Gasteiger partial charge on any atom is -0.493 e. The maximum Gasteiger partial charge on any atom is 0.123 e. The Balaban J connectivity index is 2.53. The summed E-state index contributed by atoms with van der Waals surface area (Å²) in [7, 11) is 1.73. The third kappa shape index (κ3) is 4.78. The predicted octanol–water partition coefficient (Wildman–Crippen LogP) is 3.79. The van der Waals surface area contributed by atoms with Gasteiger partial charge in [-0.3, -0.25) is 0 Å². The van der Waals surface area contributed by atoms with E-state index in [1.165, 1.54) is 5.56 Å². The van der Waals surface area contributed by atoms with Gasteiger partial charge in [-0.1, -0.05) is 39.0 Å². The largest absolute Gasteiger partial charge is 0.493 e. The summed E-state index contributed by atoms with van der Waals surface area (Å²) < 4.78 is 10.9. The van der Waals surface area contributed by atoms with Crippen LogP contribution in [0.5, 0.6) is 5.75 Å². The smallest absolute Gasteiger partial charge is 0.123 e. The quantitative estimate of drug-likeness (QED) is 0.700. The molecule has 0 saturated heterocycles. The predicted molar refractivity (Wildman–Crippen MR) is 71.7 cm³/mol. The van der Waals surface area contributed by atoms with Crippen LogP contribution >= 0.6 is 0 Å². The second-order valence-corrected chi connectivity index (χ2v) is 5.29. The zero-order chi connectivity index (χ0) is 12.7. The normalized spacial score (nSPS) is 11.5. The van der Waals surface area contributed by atoms with Crippen molar-refractivity contribution in [2.45, 2.75) is 39.0 Å². The van der Waals surface area contributed by atoms with E-state index in [0.717, 1.165) is 31.8 Å². The lowest BCUT2D eigenvalue weighted by atomic mass is 9.86. The third-order valence-electron chi connectivity index (χ3n) is 2.70. The Kier molecular flexibility index (Phi) is 5.49. The Bertz CT molecular complexity index is 326. The molecule has 0 heterocycles. The van der Waals surface area contributed by atoms with E-state index in [0.29, 0.717) is 0 Å². The van der Waals surface area contributed by atoms with E-state index in [2.05, 4.69) is 39.0 Å². The van der Waals surface area contributed by atoms with Crippen LogP contribution in [0.3, 0.4) is 0 Å². The summed E-state index contributed by atoms with van der Waals surface area (Å²) in [5.41, 5.74) is 1.40. The molecule has 1 rings (SSSR count). The first-order valence-corrected chi connectivity index (χ1v) is 6.27. The number of hydrogen-bond donors (Lipinski definition) is 0. The summed E-state index contributed by atoms with van der Waals surface area (Å²) in [5.74, 6) is 1.01. The van der Waals surface area contributed by atoms with Crippen molar-refractivity contribution >= 4 is 0 Å². The highest BCUT2D eigenvalue weighted by atomic mass is 16.5. The van der Waals surface area contributed by atoms with Gasteiger partial charge in [-0.05, 0) is 29.9 Å². The van der Waals surface area contributed by atoms with Gasteiger partial charge in [0.1, 0.15) is 5.75 Å². The molecule has 17 heavy (non-hydrogen) atoms. The molecule has 0 aromatic heterocycles. The Morgan fingerprint density at radius 1 is 1.00 bits per heavy atom. The number of methoxy groups -OCH3 is 1. The molecule has 0 amide bonds. The van der Waals surface area contributed by atoms with Gasteiger partial charge < -0.3 is 9.47 Å². The van der Waals surface area contributed by atoms with Gasteiger partial charge in [0.2, 0.25) is 0 Å². The highest BCUT2D eigenvalue weighted by Crippen LogP contribution is 2.30. The van der Waals surface area contributed by atoms with E-state index in [-0.39, 0.29) is 5.41 Å². The van der Waals surface area contributed by atoms with E-state index < -0.39 is 0 Å². The van der Waals surface area contributed by atoms with E-state index >= 15 is 0 Å². The number of ether oxygens (including phenoxy) is 2. The molecule has 1 aromatic carbocycles. The van der Waals surface area contributed by atoms with Gasteiger partial charge >= 0.3 is 0 Å². The first kappa shape index (κ1) is 14.0. The maximum absolute atomic E-state index is 5.85. The van der Waals surface area contributed by atoms with Crippen molar-refractivity contribution in [1.29, 1.82) is 0 Å². The minimum atomic E-state index is 0.128. The fraction of sp³-hybridized carbons (Fsp3) is 0.600. The highest BCUT2D eigenvalue weighted by molar-refractivity contribution is 5.38. The topological polar surface area (TPSA) is 18.5 Å². The zero-order valence-electron chi connectivity index (χ0n) is 11.5.